The van der Waals surface area contributed by atoms with Crippen molar-refractivity contribution < 1.29 is 9.53 Å². The van der Waals surface area contributed by atoms with Gasteiger partial charge < -0.3 is 9.64 Å². The molecule has 2 heterocycles. The van der Waals surface area contributed by atoms with Crippen molar-refractivity contribution in [3.05, 3.63) is 29.6 Å². The molecule has 0 saturated carbocycles. The van der Waals surface area contributed by atoms with E-state index in [1.807, 2.05) is 26.8 Å². The maximum absolute atomic E-state index is 12.3. The van der Waals surface area contributed by atoms with Crippen LogP contribution in [0.2, 0.25) is 0 Å². The van der Waals surface area contributed by atoms with Crippen LogP contribution in [-0.2, 0) is 17.7 Å². The van der Waals surface area contributed by atoms with Crippen LogP contribution in [0.15, 0.2) is 18.3 Å². The highest BCUT2D eigenvalue weighted by atomic mass is 16.6. The van der Waals surface area contributed by atoms with E-state index in [-0.39, 0.29) is 6.09 Å². The molecule has 0 spiro atoms. The minimum Gasteiger partial charge on any atom is -0.444 e. The summed E-state index contributed by atoms with van der Waals surface area (Å²) in [5.41, 5.74) is 1.79. The van der Waals surface area contributed by atoms with Gasteiger partial charge in [-0.15, -0.1) is 0 Å². The molecule has 1 aliphatic heterocycles. The largest absolute Gasteiger partial charge is 0.444 e. The van der Waals surface area contributed by atoms with E-state index in [0.717, 1.165) is 25.1 Å². The molecule has 110 valence electrons. The average Bonchev–Trinajstić information content (AvgIpc) is 2.55. The monoisotopic (exact) mass is 276 g/mol. The van der Waals surface area contributed by atoms with E-state index in [1.165, 1.54) is 5.56 Å². The fourth-order valence-electron chi connectivity index (χ4n) is 2.47. The van der Waals surface area contributed by atoms with E-state index in [0.29, 0.717) is 12.5 Å². The highest BCUT2D eigenvalue weighted by Crippen LogP contribution is 2.23. The molecule has 0 N–H and O–H groups in total. The minimum absolute atomic E-state index is 0.241. The molecular weight excluding hydrogens is 252 g/mol. The van der Waals surface area contributed by atoms with Gasteiger partial charge in [-0.1, -0.05) is 19.4 Å². The van der Waals surface area contributed by atoms with Gasteiger partial charge in [-0.3, -0.25) is 4.98 Å². The Kier molecular flexibility index (Phi) is 4.31. The van der Waals surface area contributed by atoms with Gasteiger partial charge in [0.15, 0.2) is 0 Å². The molecule has 1 amide bonds. The summed E-state index contributed by atoms with van der Waals surface area (Å²) >= 11 is 0. The lowest BCUT2D eigenvalue weighted by Crippen LogP contribution is -2.38. The number of amides is 1. The minimum atomic E-state index is -0.460. The molecule has 0 bridgehead atoms. The van der Waals surface area contributed by atoms with Gasteiger partial charge in [-0.05, 0) is 44.7 Å². The molecule has 2 rings (SSSR count). The lowest BCUT2D eigenvalue weighted by atomic mass is 9.97. The Labute approximate surface area is 121 Å². The van der Waals surface area contributed by atoms with E-state index in [1.54, 1.807) is 11.1 Å². The summed E-state index contributed by atoms with van der Waals surface area (Å²) in [6, 6.07) is 4.08. The van der Waals surface area contributed by atoms with Gasteiger partial charge in [0, 0.05) is 12.7 Å². The molecule has 0 aliphatic carbocycles. The molecule has 20 heavy (non-hydrogen) atoms. The third-order valence-electron chi connectivity index (χ3n) is 3.54. The van der Waals surface area contributed by atoms with Crippen LogP contribution >= 0.6 is 0 Å². The maximum atomic E-state index is 12.3. The summed E-state index contributed by atoms with van der Waals surface area (Å²) in [5, 5.41) is 0. The first-order chi connectivity index (χ1) is 9.39. The van der Waals surface area contributed by atoms with Gasteiger partial charge in [0.2, 0.25) is 0 Å². The Morgan fingerprint density at radius 3 is 2.90 bits per heavy atom. The van der Waals surface area contributed by atoms with Crippen LogP contribution in [0.5, 0.6) is 0 Å². The summed E-state index contributed by atoms with van der Waals surface area (Å²) in [7, 11) is 0. The molecule has 1 aliphatic rings. The van der Waals surface area contributed by atoms with E-state index in [9.17, 15) is 4.79 Å². The zero-order valence-corrected chi connectivity index (χ0v) is 12.8. The highest BCUT2D eigenvalue weighted by molar-refractivity contribution is 5.68. The predicted molar refractivity (Wildman–Crippen MR) is 78.4 cm³/mol. The third kappa shape index (κ3) is 3.71. The van der Waals surface area contributed by atoms with Crippen LogP contribution in [-0.4, -0.2) is 28.1 Å². The van der Waals surface area contributed by atoms with Gasteiger partial charge in [-0.25, -0.2) is 4.79 Å². The number of pyridine rings is 1. The van der Waals surface area contributed by atoms with Crippen molar-refractivity contribution in [3.63, 3.8) is 0 Å². The van der Waals surface area contributed by atoms with Crippen molar-refractivity contribution >= 4 is 6.09 Å². The van der Waals surface area contributed by atoms with Gasteiger partial charge in [0.25, 0.3) is 0 Å². The second kappa shape index (κ2) is 5.81. The Morgan fingerprint density at radius 1 is 1.50 bits per heavy atom. The molecule has 1 aromatic heterocycles. The molecule has 0 radical (unpaired) electrons. The van der Waals surface area contributed by atoms with Crippen LogP contribution in [0, 0.1) is 5.92 Å². The van der Waals surface area contributed by atoms with Crippen molar-refractivity contribution in [1.82, 2.24) is 9.88 Å². The van der Waals surface area contributed by atoms with Crippen LogP contribution in [0.4, 0.5) is 4.79 Å². The fourth-order valence-corrected chi connectivity index (χ4v) is 2.47. The summed E-state index contributed by atoms with van der Waals surface area (Å²) in [6.07, 6.45) is 3.58. The summed E-state index contributed by atoms with van der Waals surface area (Å²) < 4.78 is 5.50. The second-order valence-electron chi connectivity index (χ2n) is 6.45. The first-order valence-electron chi connectivity index (χ1n) is 7.29. The number of rotatable bonds is 1. The quantitative estimate of drug-likeness (QED) is 0.789. The van der Waals surface area contributed by atoms with Gasteiger partial charge in [0.05, 0.1) is 12.2 Å². The van der Waals surface area contributed by atoms with Crippen molar-refractivity contribution in [3.8, 4) is 0 Å². The SMILES string of the molecule is CCC1Cc2cccnc2CN(C(=O)OC(C)(C)C)C1. The fraction of sp³-hybridized carbons (Fsp3) is 0.625. The molecular formula is C16H24N2O2. The number of ether oxygens (including phenoxy) is 1. The van der Waals surface area contributed by atoms with E-state index in [2.05, 4.69) is 18.0 Å². The lowest BCUT2D eigenvalue weighted by molar-refractivity contribution is 0.0207. The Balaban J connectivity index is 2.20. The first-order valence-corrected chi connectivity index (χ1v) is 7.29. The molecule has 1 atom stereocenters. The van der Waals surface area contributed by atoms with Crippen molar-refractivity contribution in [2.75, 3.05) is 6.54 Å². The van der Waals surface area contributed by atoms with Gasteiger partial charge >= 0.3 is 6.09 Å². The molecule has 4 heteroatoms. The smallest absolute Gasteiger partial charge is 0.410 e. The van der Waals surface area contributed by atoms with E-state index < -0.39 is 5.60 Å². The van der Waals surface area contributed by atoms with E-state index >= 15 is 0 Å². The molecule has 1 unspecified atom stereocenters. The van der Waals surface area contributed by atoms with Crippen molar-refractivity contribution in [2.45, 2.75) is 52.7 Å². The zero-order valence-electron chi connectivity index (χ0n) is 12.8. The number of hydrogen-bond acceptors (Lipinski definition) is 3. The molecule has 4 nitrogen and oxygen atoms in total. The number of carbonyl (C=O) groups is 1. The van der Waals surface area contributed by atoms with Crippen LogP contribution in [0.1, 0.15) is 45.4 Å². The lowest BCUT2D eigenvalue weighted by Gasteiger charge is -2.28. The normalized spacial score (nSPS) is 19.2. The number of hydrogen-bond donors (Lipinski definition) is 0. The zero-order chi connectivity index (χ0) is 14.8. The first kappa shape index (κ1) is 14.8. The highest BCUT2D eigenvalue weighted by Gasteiger charge is 2.28. The summed E-state index contributed by atoms with van der Waals surface area (Å²) in [4.78, 5) is 18.5. The number of fused-ring (bicyclic) bond motifs is 1. The van der Waals surface area contributed by atoms with Gasteiger partial charge in [-0.2, -0.15) is 0 Å². The van der Waals surface area contributed by atoms with Crippen LogP contribution in [0.25, 0.3) is 0 Å². The number of aromatic nitrogens is 1. The number of nitrogens with zero attached hydrogens (tertiary/aromatic N) is 2. The molecule has 1 aromatic rings. The van der Waals surface area contributed by atoms with Crippen molar-refractivity contribution in [2.24, 2.45) is 5.92 Å². The summed E-state index contributed by atoms with van der Waals surface area (Å²) in [5.74, 6) is 0.466. The molecule has 0 saturated heterocycles. The second-order valence-corrected chi connectivity index (χ2v) is 6.45. The standard InChI is InChI=1S/C16H24N2O2/c1-5-12-9-13-7-6-8-17-14(13)11-18(10-12)15(19)20-16(2,3)4/h6-8,12H,5,9-11H2,1-4H3. The molecule has 0 fully saturated rings. The Bertz CT molecular complexity index is 480. The van der Waals surface area contributed by atoms with Crippen LogP contribution < -0.4 is 0 Å². The third-order valence-corrected chi connectivity index (χ3v) is 3.54. The topological polar surface area (TPSA) is 42.4 Å². The van der Waals surface area contributed by atoms with Crippen molar-refractivity contribution in [1.29, 1.82) is 0 Å². The molecule has 0 aromatic carbocycles. The Morgan fingerprint density at radius 2 is 2.25 bits per heavy atom. The number of carbonyl (C=O) groups excluding carboxylic acids is 1. The average molecular weight is 276 g/mol. The van der Waals surface area contributed by atoms with Gasteiger partial charge in [0.1, 0.15) is 5.60 Å². The van der Waals surface area contributed by atoms with E-state index in [4.69, 9.17) is 4.74 Å². The summed E-state index contributed by atoms with van der Waals surface area (Å²) in [6.45, 7) is 9.13. The van der Waals surface area contributed by atoms with Crippen LogP contribution in [0.3, 0.4) is 0 Å². The maximum Gasteiger partial charge on any atom is 0.410 e. The Hall–Kier alpha value is -1.58. The predicted octanol–water partition coefficient (Wildman–Crippen LogP) is 3.40.